The highest BCUT2D eigenvalue weighted by atomic mass is 32.1. The predicted molar refractivity (Wildman–Crippen MR) is 81.5 cm³/mol. The van der Waals surface area contributed by atoms with E-state index < -0.39 is 0 Å². The lowest BCUT2D eigenvalue weighted by atomic mass is 9.97. The number of hydrogen-bond donors (Lipinski definition) is 1. The van der Waals surface area contributed by atoms with Gasteiger partial charge in [-0.1, -0.05) is 0 Å². The molecule has 5 heteroatoms. The van der Waals surface area contributed by atoms with Crippen LogP contribution >= 0.6 is 11.3 Å². The van der Waals surface area contributed by atoms with E-state index in [0.717, 1.165) is 30.2 Å². The average Bonchev–Trinajstić information content (AvgIpc) is 3.12. The minimum absolute atomic E-state index is 0.342. The van der Waals surface area contributed by atoms with Gasteiger partial charge in [-0.25, -0.2) is 9.97 Å². The van der Waals surface area contributed by atoms with Crippen LogP contribution in [0.5, 0.6) is 0 Å². The molecule has 3 heterocycles. The van der Waals surface area contributed by atoms with Crippen molar-refractivity contribution in [1.82, 2.24) is 9.97 Å². The molecule has 0 saturated carbocycles. The fraction of sp³-hybridized carbons (Fsp3) is 0.600. The quantitative estimate of drug-likeness (QED) is 0.943. The van der Waals surface area contributed by atoms with Gasteiger partial charge < -0.3 is 10.1 Å². The van der Waals surface area contributed by atoms with Gasteiger partial charge in [0.25, 0.3) is 0 Å². The number of nitrogens with zero attached hydrogens (tertiary/aromatic N) is 2. The molecular weight excluding hydrogens is 270 g/mol. The molecule has 1 unspecified atom stereocenters. The van der Waals surface area contributed by atoms with E-state index >= 15 is 0 Å². The lowest BCUT2D eigenvalue weighted by Crippen LogP contribution is -2.19. The van der Waals surface area contributed by atoms with Crippen LogP contribution in [0.25, 0.3) is 10.2 Å². The normalized spacial score (nSPS) is 22.1. The fourth-order valence-corrected chi connectivity index (χ4v) is 4.47. The lowest BCUT2D eigenvalue weighted by Gasteiger charge is -2.14. The first-order chi connectivity index (χ1) is 9.92. The van der Waals surface area contributed by atoms with Crippen LogP contribution in [0, 0.1) is 0 Å². The Hall–Kier alpha value is -1.20. The predicted octanol–water partition coefficient (Wildman–Crippen LogP) is 3.16. The van der Waals surface area contributed by atoms with Crippen LogP contribution in [0.15, 0.2) is 6.33 Å². The summed E-state index contributed by atoms with van der Waals surface area (Å²) in [6, 6.07) is 0. The van der Waals surface area contributed by atoms with E-state index in [1.807, 2.05) is 11.3 Å². The number of rotatable bonds is 3. The van der Waals surface area contributed by atoms with Crippen LogP contribution in [0.1, 0.15) is 36.1 Å². The molecule has 0 spiro atoms. The third kappa shape index (κ3) is 2.19. The molecule has 0 bridgehead atoms. The molecule has 1 aliphatic carbocycles. The van der Waals surface area contributed by atoms with Gasteiger partial charge in [-0.05, 0) is 44.1 Å². The summed E-state index contributed by atoms with van der Waals surface area (Å²) in [6.07, 6.45) is 9.35. The summed E-state index contributed by atoms with van der Waals surface area (Å²) in [6.45, 7) is 1.76. The van der Waals surface area contributed by atoms with E-state index in [1.165, 1.54) is 47.9 Å². The summed E-state index contributed by atoms with van der Waals surface area (Å²) in [5.41, 5.74) is 1.49. The minimum atomic E-state index is 0.342. The number of nitrogens with one attached hydrogen (secondary N) is 1. The molecule has 106 valence electrons. The van der Waals surface area contributed by atoms with Crippen molar-refractivity contribution < 1.29 is 4.74 Å². The van der Waals surface area contributed by atoms with Gasteiger partial charge in [0.1, 0.15) is 17.0 Å². The first-order valence-electron chi connectivity index (χ1n) is 7.52. The monoisotopic (exact) mass is 289 g/mol. The summed E-state index contributed by atoms with van der Waals surface area (Å²) in [4.78, 5) is 11.6. The number of hydrogen-bond acceptors (Lipinski definition) is 5. The molecule has 1 aliphatic heterocycles. The maximum Gasteiger partial charge on any atom is 0.138 e. The third-order valence-corrected chi connectivity index (χ3v) is 5.47. The van der Waals surface area contributed by atoms with Gasteiger partial charge in [-0.2, -0.15) is 0 Å². The summed E-state index contributed by atoms with van der Waals surface area (Å²) in [5.74, 6) is 1.00. The molecule has 0 radical (unpaired) electrons. The standard InChI is InChI=1S/C15H19N3OS/c1-2-6-12-11(5-1)13-14(17-9-18-15(13)20-12)16-8-10-4-3-7-19-10/h9-10H,1-8H2,(H,16,17,18). The van der Waals surface area contributed by atoms with Gasteiger partial charge in [0.2, 0.25) is 0 Å². The largest absolute Gasteiger partial charge is 0.376 e. The number of anilines is 1. The van der Waals surface area contributed by atoms with Crippen molar-refractivity contribution in [3.63, 3.8) is 0 Å². The highest BCUT2D eigenvalue weighted by Crippen LogP contribution is 2.38. The van der Waals surface area contributed by atoms with E-state index in [0.29, 0.717) is 6.10 Å². The van der Waals surface area contributed by atoms with Gasteiger partial charge in [0.05, 0.1) is 11.5 Å². The second-order valence-electron chi connectivity index (χ2n) is 5.63. The molecule has 1 saturated heterocycles. The highest BCUT2D eigenvalue weighted by molar-refractivity contribution is 7.19. The second-order valence-corrected chi connectivity index (χ2v) is 6.71. The molecule has 2 aromatic rings. The number of aryl methyl sites for hydroxylation is 2. The molecule has 4 nitrogen and oxygen atoms in total. The van der Waals surface area contributed by atoms with Crippen LogP contribution in [0.2, 0.25) is 0 Å². The van der Waals surface area contributed by atoms with Crippen LogP contribution in [-0.4, -0.2) is 29.2 Å². The highest BCUT2D eigenvalue weighted by Gasteiger charge is 2.21. The Kier molecular flexibility index (Phi) is 3.32. The van der Waals surface area contributed by atoms with E-state index in [4.69, 9.17) is 4.74 Å². The van der Waals surface area contributed by atoms with Crippen molar-refractivity contribution in [3.05, 3.63) is 16.8 Å². The Bertz CT molecular complexity index is 619. The van der Waals surface area contributed by atoms with Crippen LogP contribution in [-0.2, 0) is 17.6 Å². The first kappa shape index (κ1) is 12.5. The molecule has 1 N–H and O–H groups in total. The summed E-state index contributed by atoms with van der Waals surface area (Å²) >= 11 is 1.85. The molecule has 0 amide bonds. The van der Waals surface area contributed by atoms with Crippen molar-refractivity contribution in [2.24, 2.45) is 0 Å². The van der Waals surface area contributed by atoms with Gasteiger partial charge in [0, 0.05) is 18.0 Å². The SMILES string of the molecule is c1nc(NCC2CCCO2)c2c3c(sc2n1)CCCC3. The van der Waals surface area contributed by atoms with Crippen LogP contribution in [0.3, 0.4) is 0 Å². The smallest absolute Gasteiger partial charge is 0.138 e. The van der Waals surface area contributed by atoms with Gasteiger partial charge in [-0.15, -0.1) is 11.3 Å². The number of ether oxygens (including phenoxy) is 1. The van der Waals surface area contributed by atoms with Crippen LogP contribution < -0.4 is 5.32 Å². The van der Waals surface area contributed by atoms with Gasteiger partial charge in [0.15, 0.2) is 0 Å². The van der Waals surface area contributed by atoms with E-state index in [1.54, 1.807) is 6.33 Å². The summed E-state index contributed by atoms with van der Waals surface area (Å²) in [5, 5.41) is 4.77. The Balaban J connectivity index is 1.65. The van der Waals surface area contributed by atoms with Crippen molar-refractivity contribution in [3.8, 4) is 0 Å². The zero-order valence-electron chi connectivity index (χ0n) is 11.5. The van der Waals surface area contributed by atoms with Crippen LogP contribution in [0.4, 0.5) is 5.82 Å². The summed E-state index contributed by atoms with van der Waals surface area (Å²) in [7, 11) is 0. The van der Waals surface area contributed by atoms with E-state index in [9.17, 15) is 0 Å². The zero-order chi connectivity index (χ0) is 13.4. The lowest BCUT2D eigenvalue weighted by molar-refractivity contribution is 0.120. The first-order valence-corrected chi connectivity index (χ1v) is 8.34. The van der Waals surface area contributed by atoms with Crippen molar-refractivity contribution >= 4 is 27.4 Å². The topological polar surface area (TPSA) is 47.0 Å². The second kappa shape index (κ2) is 5.30. The molecular formula is C15H19N3OS. The molecule has 2 aliphatic rings. The van der Waals surface area contributed by atoms with E-state index in [2.05, 4.69) is 15.3 Å². The Morgan fingerprint density at radius 3 is 3.10 bits per heavy atom. The van der Waals surface area contributed by atoms with Gasteiger partial charge >= 0.3 is 0 Å². The van der Waals surface area contributed by atoms with Crippen molar-refractivity contribution in [2.75, 3.05) is 18.5 Å². The fourth-order valence-electron chi connectivity index (χ4n) is 3.24. The Morgan fingerprint density at radius 1 is 1.25 bits per heavy atom. The molecule has 4 rings (SSSR count). The third-order valence-electron chi connectivity index (χ3n) is 4.27. The molecule has 1 fully saturated rings. The van der Waals surface area contributed by atoms with Crippen molar-refractivity contribution in [2.45, 2.75) is 44.6 Å². The molecule has 0 aromatic carbocycles. The van der Waals surface area contributed by atoms with Gasteiger partial charge in [-0.3, -0.25) is 0 Å². The Labute approximate surface area is 122 Å². The number of fused-ring (bicyclic) bond motifs is 3. The minimum Gasteiger partial charge on any atom is -0.376 e. The molecule has 2 aromatic heterocycles. The maximum atomic E-state index is 5.68. The molecule has 1 atom stereocenters. The number of thiophene rings is 1. The zero-order valence-corrected chi connectivity index (χ0v) is 12.3. The van der Waals surface area contributed by atoms with E-state index in [-0.39, 0.29) is 0 Å². The maximum absolute atomic E-state index is 5.68. The van der Waals surface area contributed by atoms with Crippen molar-refractivity contribution in [1.29, 1.82) is 0 Å². The molecule has 20 heavy (non-hydrogen) atoms. The number of aromatic nitrogens is 2. The summed E-state index contributed by atoms with van der Waals surface area (Å²) < 4.78 is 5.68. The average molecular weight is 289 g/mol. The Morgan fingerprint density at radius 2 is 2.20 bits per heavy atom.